The smallest absolute Gasteiger partial charge is 0.174 e. The number of carbonyl (C=O) groups excluding carboxylic acids is 1. The molecule has 0 bridgehead atoms. The van der Waals surface area contributed by atoms with Crippen molar-refractivity contribution in [2.24, 2.45) is 0 Å². The second kappa shape index (κ2) is 4.26. The fourth-order valence-electron chi connectivity index (χ4n) is 0.679. The van der Waals surface area contributed by atoms with Crippen LogP contribution in [0.25, 0.3) is 0 Å². The van der Waals surface area contributed by atoms with Gasteiger partial charge in [-0.25, -0.2) is 0 Å². The van der Waals surface area contributed by atoms with Crippen LogP contribution in [0.15, 0.2) is 11.1 Å². The average molecular weight is 158 g/mol. The van der Waals surface area contributed by atoms with E-state index in [1.54, 1.807) is 13.8 Å². The highest BCUT2D eigenvalue weighted by atomic mass is 16.5. The van der Waals surface area contributed by atoms with Gasteiger partial charge < -0.3 is 10.2 Å². The molecular formula is C8H14O3. The fourth-order valence-corrected chi connectivity index (χ4v) is 0.679. The van der Waals surface area contributed by atoms with E-state index >= 15 is 0 Å². The van der Waals surface area contributed by atoms with E-state index in [1.807, 2.05) is 0 Å². The van der Waals surface area contributed by atoms with Gasteiger partial charge in [-0.2, -0.15) is 0 Å². The predicted octanol–water partition coefficient (Wildman–Crippen LogP) is 0.613. The summed E-state index contributed by atoms with van der Waals surface area (Å²) in [5.41, 5.74) is 0.777. The summed E-state index contributed by atoms with van der Waals surface area (Å²) in [6, 6.07) is 0. The molecule has 0 aliphatic heterocycles. The Morgan fingerprint density at radius 2 is 1.82 bits per heavy atom. The lowest BCUT2D eigenvalue weighted by Gasteiger charge is -2.06. The maximum atomic E-state index is 11.0. The van der Waals surface area contributed by atoms with Crippen LogP contribution in [-0.2, 0) is 4.79 Å². The molecule has 0 radical (unpaired) electrons. The minimum atomic E-state index is -1.51. The lowest BCUT2D eigenvalue weighted by Crippen LogP contribution is -2.11. The SMILES string of the molecule is CCC(=O)/C(C)=C(/C)C(O)O. The molecule has 0 aliphatic carbocycles. The van der Waals surface area contributed by atoms with Crippen molar-refractivity contribution < 1.29 is 15.0 Å². The second-order valence-corrected chi connectivity index (χ2v) is 2.46. The van der Waals surface area contributed by atoms with Gasteiger partial charge in [-0.1, -0.05) is 6.92 Å². The van der Waals surface area contributed by atoms with Crippen LogP contribution < -0.4 is 0 Å². The van der Waals surface area contributed by atoms with E-state index < -0.39 is 6.29 Å². The van der Waals surface area contributed by atoms with Crippen LogP contribution in [0.1, 0.15) is 27.2 Å². The van der Waals surface area contributed by atoms with E-state index in [2.05, 4.69) is 0 Å². The molecule has 2 N–H and O–H groups in total. The van der Waals surface area contributed by atoms with Gasteiger partial charge in [0.1, 0.15) is 0 Å². The zero-order valence-corrected chi connectivity index (χ0v) is 7.09. The predicted molar refractivity (Wildman–Crippen MR) is 41.9 cm³/mol. The summed E-state index contributed by atoms with van der Waals surface area (Å²) in [4.78, 5) is 11.0. The Morgan fingerprint density at radius 3 is 2.09 bits per heavy atom. The molecule has 0 amide bonds. The third kappa shape index (κ3) is 2.82. The topological polar surface area (TPSA) is 57.5 Å². The summed E-state index contributed by atoms with van der Waals surface area (Å²) in [7, 11) is 0. The number of ketones is 1. The molecule has 0 aliphatic rings. The summed E-state index contributed by atoms with van der Waals surface area (Å²) >= 11 is 0. The van der Waals surface area contributed by atoms with Crippen molar-refractivity contribution in [2.45, 2.75) is 33.5 Å². The molecule has 0 aromatic rings. The van der Waals surface area contributed by atoms with Gasteiger partial charge in [0.2, 0.25) is 0 Å². The van der Waals surface area contributed by atoms with E-state index in [0.29, 0.717) is 17.6 Å². The van der Waals surface area contributed by atoms with Gasteiger partial charge in [0.25, 0.3) is 0 Å². The molecule has 3 heteroatoms. The largest absolute Gasteiger partial charge is 0.365 e. The first-order chi connectivity index (χ1) is 5.00. The lowest BCUT2D eigenvalue weighted by molar-refractivity contribution is -0.115. The van der Waals surface area contributed by atoms with Crippen LogP contribution in [0.4, 0.5) is 0 Å². The molecule has 0 rings (SSSR count). The van der Waals surface area contributed by atoms with Crippen molar-refractivity contribution in [3.8, 4) is 0 Å². The highest BCUT2D eigenvalue weighted by molar-refractivity contribution is 5.95. The van der Waals surface area contributed by atoms with Crippen LogP contribution in [-0.4, -0.2) is 22.3 Å². The molecule has 64 valence electrons. The summed E-state index contributed by atoms with van der Waals surface area (Å²) in [6.07, 6.45) is -1.11. The zero-order valence-electron chi connectivity index (χ0n) is 7.09. The van der Waals surface area contributed by atoms with Gasteiger partial charge >= 0.3 is 0 Å². The Hall–Kier alpha value is -0.670. The van der Waals surface area contributed by atoms with Gasteiger partial charge in [0.15, 0.2) is 12.1 Å². The number of hydrogen-bond acceptors (Lipinski definition) is 3. The maximum Gasteiger partial charge on any atom is 0.174 e. The summed E-state index contributed by atoms with van der Waals surface area (Å²) in [5.74, 6) is -0.0457. The van der Waals surface area contributed by atoms with Crippen molar-refractivity contribution in [3.63, 3.8) is 0 Å². The van der Waals surface area contributed by atoms with E-state index in [4.69, 9.17) is 10.2 Å². The highest BCUT2D eigenvalue weighted by Crippen LogP contribution is 2.08. The van der Waals surface area contributed by atoms with E-state index in [0.717, 1.165) is 0 Å². The molecule has 11 heavy (non-hydrogen) atoms. The van der Waals surface area contributed by atoms with Crippen molar-refractivity contribution in [1.29, 1.82) is 0 Å². The number of Topliss-reactive ketones (excluding diaryl/α,β-unsaturated/α-hetero) is 1. The van der Waals surface area contributed by atoms with Crippen LogP contribution in [0.2, 0.25) is 0 Å². The van der Waals surface area contributed by atoms with Crippen LogP contribution in [0, 0.1) is 0 Å². The molecule has 0 atom stereocenters. The van der Waals surface area contributed by atoms with Crippen LogP contribution in [0.5, 0.6) is 0 Å². The minimum Gasteiger partial charge on any atom is -0.365 e. The van der Waals surface area contributed by atoms with Gasteiger partial charge in [-0.3, -0.25) is 4.79 Å². The standard InChI is InChI=1S/C8H14O3/c1-4-7(9)5(2)6(3)8(10)11/h8,10-11H,4H2,1-3H3/b6-5-. The normalized spacial score (nSPS) is 13.3. The van der Waals surface area contributed by atoms with Crippen molar-refractivity contribution in [2.75, 3.05) is 0 Å². The van der Waals surface area contributed by atoms with Crippen molar-refractivity contribution in [1.82, 2.24) is 0 Å². The summed E-state index contributed by atoms with van der Waals surface area (Å²) < 4.78 is 0. The van der Waals surface area contributed by atoms with Gasteiger partial charge in [-0.15, -0.1) is 0 Å². The molecule has 0 saturated heterocycles. The maximum absolute atomic E-state index is 11.0. The summed E-state index contributed by atoms with van der Waals surface area (Å²) in [5, 5.41) is 17.4. The fraction of sp³-hybridized carbons (Fsp3) is 0.625. The van der Waals surface area contributed by atoms with E-state index in [-0.39, 0.29) is 5.78 Å². The Balaban J connectivity index is 4.52. The van der Waals surface area contributed by atoms with Crippen LogP contribution >= 0.6 is 0 Å². The number of carbonyl (C=O) groups is 1. The number of aliphatic hydroxyl groups is 2. The first-order valence-electron chi connectivity index (χ1n) is 3.57. The minimum absolute atomic E-state index is 0.0457. The number of rotatable bonds is 3. The van der Waals surface area contributed by atoms with Gasteiger partial charge in [-0.05, 0) is 25.0 Å². The first-order valence-corrected chi connectivity index (χ1v) is 3.57. The molecule has 0 aromatic carbocycles. The lowest BCUT2D eigenvalue weighted by atomic mass is 10.1. The molecule has 0 aromatic heterocycles. The number of aliphatic hydroxyl groups excluding tert-OH is 1. The van der Waals surface area contributed by atoms with Crippen molar-refractivity contribution in [3.05, 3.63) is 11.1 Å². The number of hydrogen-bond donors (Lipinski definition) is 2. The van der Waals surface area contributed by atoms with Crippen LogP contribution in [0.3, 0.4) is 0 Å². The van der Waals surface area contributed by atoms with Gasteiger partial charge in [0, 0.05) is 6.42 Å². The van der Waals surface area contributed by atoms with Gasteiger partial charge in [0.05, 0.1) is 0 Å². The quantitative estimate of drug-likeness (QED) is 0.467. The van der Waals surface area contributed by atoms with E-state index in [9.17, 15) is 4.79 Å². The number of allylic oxidation sites excluding steroid dienone is 1. The second-order valence-electron chi connectivity index (χ2n) is 2.46. The third-order valence-corrected chi connectivity index (χ3v) is 1.72. The third-order valence-electron chi connectivity index (χ3n) is 1.72. The van der Waals surface area contributed by atoms with E-state index in [1.165, 1.54) is 6.92 Å². The molecule has 0 saturated carbocycles. The molecule has 0 spiro atoms. The Morgan fingerprint density at radius 1 is 1.36 bits per heavy atom. The zero-order chi connectivity index (χ0) is 9.02. The Kier molecular flexibility index (Phi) is 4.00. The molecule has 0 fully saturated rings. The highest BCUT2D eigenvalue weighted by Gasteiger charge is 2.09. The Labute approximate surface area is 66.4 Å². The Bertz CT molecular complexity index is 180. The molecule has 0 heterocycles. The van der Waals surface area contributed by atoms with Crippen molar-refractivity contribution >= 4 is 5.78 Å². The molecule has 0 unspecified atom stereocenters. The summed E-state index contributed by atoms with van der Waals surface area (Å²) in [6.45, 7) is 4.87. The average Bonchev–Trinajstić information content (AvgIpc) is 2.00. The molecule has 3 nitrogen and oxygen atoms in total. The molecular weight excluding hydrogens is 144 g/mol. The monoisotopic (exact) mass is 158 g/mol. The first kappa shape index (κ1) is 10.3.